The molecule has 3 heterocycles. The fraction of sp³-hybridized carbons (Fsp3) is 0.409. The molecule has 0 amide bonds. The maximum atomic E-state index is 14.5. The van der Waals surface area contributed by atoms with Crippen molar-refractivity contribution >= 4 is 23.1 Å². The van der Waals surface area contributed by atoms with Gasteiger partial charge in [0.05, 0.1) is 24.4 Å². The molecule has 0 N–H and O–H groups in total. The Labute approximate surface area is 177 Å². The summed E-state index contributed by atoms with van der Waals surface area (Å²) in [6.07, 6.45) is 4.53. The maximum Gasteiger partial charge on any atom is 0.274 e. The van der Waals surface area contributed by atoms with E-state index in [4.69, 9.17) is 9.15 Å². The number of halogens is 3. The van der Waals surface area contributed by atoms with Crippen molar-refractivity contribution in [1.82, 2.24) is 9.97 Å². The quantitative estimate of drug-likeness (QED) is 0.410. The van der Waals surface area contributed by atoms with Gasteiger partial charge in [0.15, 0.2) is 17.2 Å². The monoisotopic (exact) mass is 433 g/mol. The highest BCUT2D eigenvalue weighted by Crippen LogP contribution is 2.37. The number of alkyl halides is 2. The van der Waals surface area contributed by atoms with Gasteiger partial charge in [-0.05, 0) is 37.5 Å². The number of aryl methyl sites for hydroxylation is 1. The zero-order valence-electron chi connectivity index (χ0n) is 17.0. The van der Waals surface area contributed by atoms with Crippen molar-refractivity contribution in [3.05, 3.63) is 42.2 Å². The number of hydrogen-bond donors (Lipinski definition) is 0. The summed E-state index contributed by atoms with van der Waals surface area (Å²) >= 11 is 0. The lowest BCUT2D eigenvalue weighted by atomic mass is 9.94. The molecule has 0 bridgehead atoms. The minimum atomic E-state index is -3.19. The lowest BCUT2D eigenvalue weighted by Crippen LogP contribution is -2.49. The van der Waals surface area contributed by atoms with Gasteiger partial charge in [0.2, 0.25) is 0 Å². The van der Waals surface area contributed by atoms with Crippen LogP contribution >= 0.6 is 0 Å². The molecule has 1 atom stereocenters. The highest BCUT2D eigenvalue weighted by Gasteiger charge is 2.45. The Morgan fingerprint density at radius 3 is 2.97 bits per heavy atom. The number of aromatic nitrogens is 2. The van der Waals surface area contributed by atoms with Gasteiger partial charge in [-0.25, -0.2) is 18.2 Å². The van der Waals surface area contributed by atoms with Crippen LogP contribution in [0.2, 0.25) is 0 Å². The summed E-state index contributed by atoms with van der Waals surface area (Å²) in [5, 5.41) is 0.539. The molecule has 0 radical (unpaired) electrons. The Balaban J connectivity index is 1.76. The summed E-state index contributed by atoms with van der Waals surface area (Å²) in [7, 11) is 1.60. The topological polar surface area (TPSA) is 68.5 Å². The zero-order chi connectivity index (χ0) is 22.0. The third kappa shape index (κ3) is 4.27. The van der Waals surface area contributed by atoms with Crippen LogP contribution in [0.1, 0.15) is 18.5 Å². The van der Waals surface area contributed by atoms with E-state index in [2.05, 4.69) is 9.97 Å². The Bertz CT molecular complexity index is 1090. The van der Waals surface area contributed by atoms with Crippen LogP contribution in [-0.2, 0) is 16.0 Å². The molecule has 2 aromatic heterocycles. The number of ether oxygens (including phenoxy) is 1. The number of benzene rings is 1. The molecule has 4 rings (SSSR count). The van der Waals surface area contributed by atoms with E-state index in [0.717, 1.165) is 0 Å². The van der Waals surface area contributed by atoms with E-state index in [1.807, 2.05) is 0 Å². The molecule has 1 aromatic carbocycles. The summed E-state index contributed by atoms with van der Waals surface area (Å²) in [6, 6.07) is 4.58. The minimum absolute atomic E-state index is 0.000644. The molecular formula is C22H22F3N3O3. The lowest BCUT2D eigenvalue weighted by Gasteiger charge is -2.37. The summed E-state index contributed by atoms with van der Waals surface area (Å²) in [5.74, 6) is -4.84. The molecule has 1 aliphatic rings. The SMILES string of the molecule is COCCCc1cnc(-c2cc(F)c3occc3c2)c(N2CCC(C=O)C(F)(F)C2)n1. The fourth-order valence-corrected chi connectivity index (χ4v) is 3.84. The van der Waals surface area contributed by atoms with Crippen molar-refractivity contribution in [3.63, 3.8) is 0 Å². The highest BCUT2D eigenvalue weighted by molar-refractivity contribution is 5.85. The van der Waals surface area contributed by atoms with Gasteiger partial charge >= 0.3 is 0 Å². The average molecular weight is 433 g/mol. The van der Waals surface area contributed by atoms with Crippen molar-refractivity contribution < 1.29 is 27.1 Å². The third-order valence-electron chi connectivity index (χ3n) is 5.48. The smallest absolute Gasteiger partial charge is 0.274 e. The number of piperidine rings is 1. The van der Waals surface area contributed by atoms with Crippen molar-refractivity contribution in [1.29, 1.82) is 0 Å². The molecule has 1 aliphatic heterocycles. The number of aldehydes is 1. The summed E-state index contributed by atoms with van der Waals surface area (Å²) in [6.45, 7) is 0.0959. The second-order valence-electron chi connectivity index (χ2n) is 7.64. The molecule has 1 unspecified atom stereocenters. The second-order valence-corrected chi connectivity index (χ2v) is 7.64. The van der Waals surface area contributed by atoms with E-state index in [1.165, 1.54) is 17.2 Å². The van der Waals surface area contributed by atoms with Gasteiger partial charge < -0.3 is 18.8 Å². The Kier molecular flexibility index (Phi) is 5.95. The van der Waals surface area contributed by atoms with Gasteiger partial charge in [0, 0.05) is 37.4 Å². The van der Waals surface area contributed by atoms with Crippen LogP contribution in [0.3, 0.4) is 0 Å². The standard InChI is InChI=1S/C22H22F3N3O3/c1-30-7-2-3-17-11-26-19(15-9-14-5-8-31-20(14)18(23)10-15)21(27-17)28-6-4-16(12-29)22(24,25)13-28/h5,8-12,16H,2-4,6-7,13H2,1H3. The molecule has 31 heavy (non-hydrogen) atoms. The first-order chi connectivity index (χ1) is 14.9. The van der Waals surface area contributed by atoms with Crippen LogP contribution in [0, 0.1) is 11.7 Å². The number of anilines is 1. The maximum absolute atomic E-state index is 14.5. The average Bonchev–Trinajstić information content (AvgIpc) is 3.22. The van der Waals surface area contributed by atoms with Gasteiger partial charge in [-0.1, -0.05) is 0 Å². The number of furan rings is 1. The van der Waals surface area contributed by atoms with E-state index < -0.39 is 24.2 Å². The normalized spacial score (nSPS) is 18.5. The zero-order valence-corrected chi connectivity index (χ0v) is 17.0. The number of carbonyl (C=O) groups is 1. The first-order valence-corrected chi connectivity index (χ1v) is 10.0. The molecule has 0 saturated carbocycles. The van der Waals surface area contributed by atoms with Crippen molar-refractivity contribution in [2.75, 3.05) is 31.7 Å². The largest absolute Gasteiger partial charge is 0.461 e. The predicted molar refractivity (Wildman–Crippen MR) is 109 cm³/mol. The molecule has 1 fully saturated rings. The van der Waals surface area contributed by atoms with Gasteiger partial charge in [-0.15, -0.1) is 0 Å². The van der Waals surface area contributed by atoms with Gasteiger partial charge in [0.1, 0.15) is 12.0 Å². The third-order valence-corrected chi connectivity index (χ3v) is 5.48. The van der Waals surface area contributed by atoms with E-state index in [1.54, 1.807) is 25.4 Å². The number of fused-ring (bicyclic) bond motifs is 1. The van der Waals surface area contributed by atoms with Crippen LogP contribution in [0.5, 0.6) is 0 Å². The number of hydrogen-bond acceptors (Lipinski definition) is 6. The van der Waals surface area contributed by atoms with Crippen molar-refractivity contribution in [3.8, 4) is 11.3 Å². The summed E-state index contributed by atoms with van der Waals surface area (Å²) in [5.41, 5.74) is 1.46. The highest BCUT2D eigenvalue weighted by atomic mass is 19.3. The first-order valence-electron chi connectivity index (χ1n) is 10.0. The lowest BCUT2D eigenvalue weighted by molar-refractivity contribution is -0.126. The molecular weight excluding hydrogens is 411 g/mol. The molecule has 6 nitrogen and oxygen atoms in total. The molecule has 9 heteroatoms. The van der Waals surface area contributed by atoms with Crippen LogP contribution in [0.15, 0.2) is 35.1 Å². The molecule has 0 spiro atoms. The number of methoxy groups -OCH3 is 1. The van der Waals surface area contributed by atoms with Crippen molar-refractivity contribution in [2.45, 2.75) is 25.2 Å². The Morgan fingerprint density at radius 1 is 1.39 bits per heavy atom. The first kappa shape index (κ1) is 21.3. The van der Waals surface area contributed by atoms with E-state index in [9.17, 15) is 18.0 Å². The fourth-order valence-electron chi connectivity index (χ4n) is 3.84. The molecule has 164 valence electrons. The van der Waals surface area contributed by atoms with Crippen molar-refractivity contribution in [2.24, 2.45) is 5.92 Å². The van der Waals surface area contributed by atoms with E-state index in [-0.39, 0.29) is 24.4 Å². The number of carbonyl (C=O) groups excluding carboxylic acids is 1. The number of rotatable bonds is 7. The van der Waals surface area contributed by atoms with E-state index in [0.29, 0.717) is 48.1 Å². The Hall–Kier alpha value is -2.94. The van der Waals surface area contributed by atoms with Gasteiger partial charge in [-0.2, -0.15) is 0 Å². The molecule has 3 aromatic rings. The Morgan fingerprint density at radius 2 is 2.23 bits per heavy atom. The van der Waals surface area contributed by atoms with Gasteiger partial charge in [0.25, 0.3) is 5.92 Å². The van der Waals surface area contributed by atoms with Crippen LogP contribution in [0.25, 0.3) is 22.2 Å². The summed E-state index contributed by atoms with van der Waals surface area (Å²) in [4.78, 5) is 21.5. The molecule has 1 saturated heterocycles. The van der Waals surface area contributed by atoms with Crippen LogP contribution in [0.4, 0.5) is 19.0 Å². The minimum Gasteiger partial charge on any atom is -0.461 e. The van der Waals surface area contributed by atoms with Crippen LogP contribution in [-0.4, -0.2) is 49.0 Å². The second kappa shape index (κ2) is 8.66. The predicted octanol–water partition coefficient (Wildman–Crippen LogP) is 4.27. The molecule has 0 aliphatic carbocycles. The summed E-state index contributed by atoms with van der Waals surface area (Å²) < 4.78 is 53.7. The van der Waals surface area contributed by atoms with E-state index >= 15 is 0 Å². The number of nitrogens with zero attached hydrogens (tertiary/aromatic N) is 3. The van der Waals surface area contributed by atoms with Gasteiger partial charge in [-0.3, -0.25) is 4.98 Å². The van der Waals surface area contributed by atoms with Crippen LogP contribution < -0.4 is 4.90 Å².